The first-order chi connectivity index (χ1) is 7.58. The molecule has 17 heavy (non-hydrogen) atoms. The predicted octanol–water partition coefficient (Wildman–Crippen LogP) is -0.797. The molecule has 0 rings (SSSR count). The molecule has 0 aromatic carbocycles. The Morgan fingerprint density at radius 3 is 2.18 bits per heavy atom. The van der Waals surface area contributed by atoms with Gasteiger partial charge in [-0.1, -0.05) is 0 Å². The Kier molecular flexibility index (Phi) is 6.06. The first-order valence-electron chi connectivity index (χ1n) is 4.86. The van der Waals surface area contributed by atoms with Crippen molar-refractivity contribution in [2.45, 2.75) is 13.3 Å². The third-order valence-electron chi connectivity index (χ3n) is 1.77. The van der Waals surface area contributed by atoms with Gasteiger partial charge in [0, 0.05) is 19.8 Å². The molecule has 0 aromatic heterocycles. The van der Waals surface area contributed by atoms with Gasteiger partial charge in [-0.3, -0.25) is 4.79 Å². The Balaban J connectivity index is 4.41. The van der Waals surface area contributed by atoms with Gasteiger partial charge < -0.3 is 4.74 Å². The van der Waals surface area contributed by atoms with Gasteiger partial charge in [0.25, 0.3) is 0 Å². The first-order valence-corrected chi connectivity index (χ1v) is 8.53. The number of carbonyl (C=O) groups is 1. The molecule has 0 aliphatic rings. The van der Waals surface area contributed by atoms with Crippen molar-refractivity contribution in [3.05, 3.63) is 0 Å². The van der Waals surface area contributed by atoms with E-state index >= 15 is 0 Å². The minimum absolute atomic E-state index is 0.101. The highest BCUT2D eigenvalue weighted by Gasteiger charge is 2.23. The van der Waals surface area contributed by atoms with Gasteiger partial charge >= 0.3 is 5.97 Å². The van der Waals surface area contributed by atoms with Crippen LogP contribution in [0.5, 0.6) is 0 Å². The van der Waals surface area contributed by atoms with E-state index in [9.17, 15) is 21.6 Å². The van der Waals surface area contributed by atoms with Gasteiger partial charge in [-0.05, 0) is 6.92 Å². The number of rotatable bonds is 7. The molecule has 0 atom stereocenters. The predicted molar refractivity (Wildman–Crippen MR) is 62.5 cm³/mol. The Bertz CT molecular complexity index is 452. The Labute approximate surface area is 102 Å². The minimum atomic E-state index is -3.89. The van der Waals surface area contributed by atoms with Crippen LogP contribution in [0.4, 0.5) is 0 Å². The zero-order chi connectivity index (χ0) is 13.7. The fourth-order valence-corrected chi connectivity index (χ4v) is 4.23. The van der Waals surface area contributed by atoms with E-state index in [0.717, 1.165) is 10.6 Å². The van der Waals surface area contributed by atoms with E-state index in [1.54, 1.807) is 6.92 Å². The number of sulfone groups is 1. The Morgan fingerprint density at radius 2 is 1.76 bits per heavy atom. The van der Waals surface area contributed by atoms with Crippen molar-refractivity contribution in [2.24, 2.45) is 0 Å². The van der Waals surface area contributed by atoms with Gasteiger partial charge in [-0.2, -0.15) is 0 Å². The lowest BCUT2D eigenvalue weighted by Crippen LogP contribution is -2.33. The molecule has 0 saturated heterocycles. The highest BCUT2D eigenvalue weighted by Crippen LogP contribution is 2.03. The summed E-state index contributed by atoms with van der Waals surface area (Å²) in [6.45, 7) is 1.76. The molecule has 0 heterocycles. The van der Waals surface area contributed by atoms with E-state index in [1.807, 2.05) is 0 Å². The van der Waals surface area contributed by atoms with Gasteiger partial charge in [0.2, 0.25) is 10.0 Å². The van der Waals surface area contributed by atoms with Crippen LogP contribution in [-0.4, -0.2) is 58.7 Å². The Hall–Kier alpha value is -0.670. The van der Waals surface area contributed by atoms with E-state index in [2.05, 4.69) is 4.74 Å². The zero-order valence-electron chi connectivity index (χ0n) is 10.0. The van der Waals surface area contributed by atoms with Crippen molar-refractivity contribution < 1.29 is 26.4 Å². The van der Waals surface area contributed by atoms with E-state index in [1.165, 1.54) is 7.05 Å². The minimum Gasteiger partial charge on any atom is -0.466 e. The summed E-state index contributed by atoms with van der Waals surface area (Å²) < 4.78 is 50.3. The SMILES string of the molecule is CCOC(=O)CCN(C)S(=O)(=O)CS(C)(=O)=O. The van der Waals surface area contributed by atoms with Crippen LogP contribution in [0.2, 0.25) is 0 Å². The molecule has 0 aromatic rings. The maximum absolute atomic E-state index is 11.5. The summed E-state index contributed by atoms with van der Waals surface area (Å²) >= 11 is 0. The smallest absolute Gasteiger partial charge is 0.307 e. The number of carbonyl (C=O) groups excluding carboxylic acids is 1. The second-order valence-electron chi connectivity index (χ2n) is 3.53. The lowest BCUT2D eigenvalue weighted by Gasteiger charge is -2.15. The molecule has 0 aliphatic heterocycles. The van der Waals surface area contributed by atoms with Gasteiger partial charge in [0.1, 0.15) is 0 Å². The maximum Gasteiger partial charge on any atom is 0.307 e. The average molecular weight is 287 g/mol. The highest BCUT2D eigenvalue weighted by atomic mass is 32.3. The van der Waals surface area contributed by atoms with Crippen LogP contribution in [0.3, 0.4) is 0 Å². The molecule has 102 valence electrons. The van der Waals surface area contributed by atoms with Gasteiger partial charge in [-0.25, -0.2) is 21.1 Å². The number of nitrogens with zero attached hydrogens (tertiary/aromatic N) is 1. The van der Waals surface area contributed by atoms with Crippen LogP contribution in [-0.2, 0) is 29.4 Å². The highest BCUT2D eigenvalue weighted by molar-refractivity contribution is 8.06. The van der Waals surface area contributed by atoms with E-state index in [0.29, 0.717) is 0 Å². The van der Waals surface area contributed by atoms with Crippen molar-refractivity contribution in [3.63, 3.8) is 0 Å². The van der Waals surface area contributed by atoms with Crippen LogP contribution in [0, 0.1) is 0 Å². The third-order valence-corrected chi connectivity index (χ3v) is 5.81. The van der Waals surface area contributed by atoms with Crippen molar-refractivity contribution in [2.75, 3.05) is 31.5 Å². The number of ether oxygens (including phenoxy) is 1. The number of hydrogen-bond acceptors (Lipinski definition) is 6. The summed E-state index contributed by atoms with van der Waals surface area (Å²) in [4.78, 5) is 11.0. The average Bonchev–Trinajstić information content (AvgIpc) is 2.10. The zero-order valence-corrected chi connectivity index (χ0v) is 11.7. The molecule has 0 saturated carbocycles. The van der Waals surface area contributed by atoms with Crippen molar-refractivity contribution in [1.82, 2.24) is 4.31 Å². The van der Waals surface area contributed by atoms with E-state index in [4.69, 9.17) is 0 Å². The molecule has 0 bridgehead atoms. The van der Waals surface area contributed by atoms with Gasteiger partial charge in [0.05, 0.1) is 13.0 Å². The van der Waals surface area contributed by atoms with Crippen LogP contribution in [0.25, 0.3) is 0 Å². The maximum atomic E-state index is 11.5. The van der Waals surface area contributed by atoms with Gasteiger partial charge in [-0.15, -0.1) is 0 Å². The van der Waals surface area contributed by atoms with Crippen LogP contribution < -0.4 is 0 Å². The largest absolute Gasteiger partial charge is 0.466 e. The summed E-state index contributed by atoms with van der Waals surface area (Å²) in [6, 6.07) is 0. The number of sulfonamides is 1. The topological polar surface area (TPSA) is 97.8 Å². The third kappa shape index (κ3) is 7.29. The molecule has 0 aliphatic carbocycles. The lowest BCUT2D eigenvalue weighted by molar-refractivity contribution is -0.143. The quantitative estimate of drug-likeness (QED) is 0.569. The van der Waals surface area contributed by atoms with Gasteiger partial charge in [0.15, 0.2) is 14.9 Å². The summed E-state index contributed by atoms with van der Waals surface area (Å²) in [5.74, 6) is -0.520. The van der Waals surface area contributed by atoms with Crippen LogP contribution >= 0.6 is 0 Å². The summed E-state index contributed by atoms with van der Waals surface area (Å²) in [5.41, 5.74) is 0. The monoisotopic (exact) mass is 287 g/mol. The van der Waals surface area contributed by atoms with Crippen molar-refractivity contribution in [1.29, 1.82) is 0 Å². The van der Waals surface area contributed by atoms with Crippen LogP contribution in [0.15, 0.2) is 0 Å². The second kappa shape index (κ2) is 6.31. The van der Waals surface area contributed by atoms with Crippen molar-refractivity contribution >= 4 is 25.8 Å². The molecule has 0 amide bonds. The first kappa shape index (κ1) is 16.3. The molecular weight excluding hydrogens is 270 g/mol. The fourth-order valence-electron chi connectivity index (χ4n) is 0.981. The number of hydrogen-bond donors (Lipinski definition) is 0. The summed E-state index contributed by atoms with van der Waals surface area (Å²) in [7, 11) is -6.29. The van der Waals surface area contributed by atoms with Crippen molar-refractivity contribution in [3.8, 4) is 0 Å². The molecule has 9 heteroatoms. The summed E-state index contributed by atoms with van der Waals surface area (Å²) in [6.07, 6.45) is 0.733. The van der Waals surface area contributed by atoms with E-state index in [-0.39, 0.29) is 19.6 Å². The normalized spacial score (nSPS) is 12.7. The molecule has 0 spiro atoms. The molecule has 0 N–H and O–H groups in total. The molecule has 0 fully saturated rings. The second-order valence-corrected chi connectivity index (χ2v) is 8.11. The summed E-state index contributed by atoms with van der Waals surface area (Å²) in [5, 5.41) is -0.959. The Morgan fingerprint density at radius 1 is 1.24 bits per heavy atom. The number of esters is 1. The molecule has 0 radical (unpaired) electrons. The van der Waals surface area contributed by atoms with E-state index < -0.39 is 30.9 Å². The molecule has 7 nitrogen and oxygen atoms in total. The van der Waals surface area contributed by atoms with Crippen LogP contribution in [0.1, 0.15) is 13.3 Å². The standard InChI is InChI=1S/C8H17NO6S2/c1-4-15-8(10)5-6-9(2)17(13,14)7-16(3,11)12/h4-7H2,1-3H3. The molecule has 0 unspecified atom stereocenters. The lowest BCUT2D eigenvalue weighted by atomic mass is 10.4. The molecular formula is C8H17NO6S2. The fraction of sp³-hybridized carbons (Fsp3) is 0.875.